The fraction of sp³-hybridized carbons (Fsp3) is 0.474. The highest BCUT2D eigenvalue weighted by Crippen LogP contribution is 2.31. The molecule has 2 aliphatic rings. The first-order valence-electron chi connectivity index (χ1n) is 8.88. The Morgan fingerprint density at radius 2 is 2.04 bits per heavy atom. The molecule has 0 radical (unpaired) electrons. The van der Waals surface area contributed by atoms with Crippen molar-refractivity contribution in [2.24, 2.45) is 5.92 Å². The van der Waals surface area contributed by atoms with E-state index in [9.17, 15) is 13.6 Å². The number of fused-ring (bicyclic) bond motifs is 1. The minimum atomic E-state index is -0.624. The average molecular weight is 361 g/mol. The van der Waals surface area contributed by atoms with Crippen molar-refractivity contribution in [2.75, 3.05) is 13.7 Å². The van der Waals surface area contributed by atoms with Crippen molar-refractivity contribution in [3.8, 4) is 5.75 Å². The molecule has 0 unspecified atom stereocenters. The third kappa shape index (κ3) is 3.49. The number of nitrogens with zero attached hydrogens (tertiary/aromatic N) is 2. The second-order valence-corrected chi connectivity index (χ2v) is 7.12. The van der Waals surface area contributed by atoms with E-state index in [4.69, 9.17) is 4.74 Å². The third-order valence-corrected chi connectivity index (χ3v) is 5.11. The first-order chi connectivity index (χ1) is 12.5. The maximum Gasteiger partial charge on any atom is 0.254 e. The second-order valence-electron chi connectivity index (χ2n) is 7.12. The molecule has 1 aromatic heterocycles. The SMILES string of the molecule is COc1cc(F)c(CN2CCc3c(nc(CC4CC4)[nH]c3=O)C2)c(F)c1. The molecule has 2 aromatic rings. The van der Waals surface area contributed by atoms with Crippen molar-refractivity contribution >= 4 is 0 Å². The van der Waals surface area contributed by atoms with Gasteiger partial charge in [0.05, 0.1) is 12.8 Å². The van der Waals surface area contributed by atoms with E-state index in [1.54, 1.807) is 0 Å². The largest absolute Gasteiger partial charge is 0.497 e. The predicted molar refractivity (Wildman–Crippen MR) is 92.0 cm³/mol. The predicted octanol–water partition coefficient (Wildman–Crippen LogP) is 2.57. The van der Waals surface area contributed by atoms with Gasteiger partial charge >= 0.3 is 0 Å². The molecule has 1 N–H and O–H groups in total. The van der Waals surface area contributed by atoms with Crippen molar-refractivity contribution in [2.45, 2.75) is 38.8 Å². The van der Waals surface area contributed by atoms with Crippen molar-refractivity contribution < 1.29 is 13.5 Å². The maximum absolute atomic E-state index is 14.2. The number of nitrogens with one attached hydrogen (secondary N) is 1. The van der Waals surface area contributed by atoms with Crippen molar-refractivity contribution in [1.82, 2.24) is 14.9 Å². The van der Waals surface area contributed by atoms with E-state index in [-0.39, 0.29) is 23.4 Å². The summed E-state index contributed by atoms with van der Waals surface area (Å²) in [6, 6.07) is 2.38. The van der Waals surface area contributed by atoms with Crippen LogP contribution in [0.2, 0.25) is 0 Å². The van der Waals surface area contributed by atoms with E-state index >= 15 is 0 Å². The summed E-state index contributed by atoms with van der Waals surface area (Å²) in [6.07, 6.45) is 3.69. The van der Waals surface area contributed by atoms with Crippen LogP contribution in [-0.4, -0.2) is 28.5 Å². The first kappa shape index (κ1) is 17.1. The van der Waals surface area contributed by atoms with E-state index in [1.165, 1.54) is 32.1 Å². The van der Waals surface area contributed by atoms with Gasteiger partial charge < -0.3 is 9.72 Å². The van der Waals surface area contributed by atoms with Gasteiger partial charge in [-0.2, -0.15) is 0 Å². The van der Waals surface area contributed by atoms with E-state index < -0.39 is 11.6 Å². The highest BCUT2D eigenvalue weighted by molar-refractivity contribution is 5.31. The molecule has 1 fully saturated rings. The van der Waals surface area contributed by atoms with Crippen molar-refractivity contribution in [3.63, 3.8) is 0 Å². The summed E-state index contributed by atoms with van der Waals surface area (Å²) in [4.78, 5) is 21.7. The van der Waals surface area contributed by atoms with Gasteiger partial charge in [-0.25, -0.2) is 13.8 Å². The van der Waals surface area contributed by atoms with Crippen LogP contribution in [0, 0.1) is 17.6 Å². The Morgan fingerprint density at radius 1 is 1.31 bits per heavy atom. The number of aromatic amines is 1. The molecule has 1 saturated carbocycles. The van der Waals surface area contributed by atoms with Crippen LogP contribution >= 0.6 is 0 Å². The topological polar surface area (TPSA) is 58.2 Å². The maximum atomic E-state index is 14.2. The Labute approximate surface area is 150 Å². The molecular formula is C19H21F2N3O2. The Balaban J connectivity index is 1.55. The number of halogens is 2. The Kier molecular flexibility index (Phi) is 4.48. The van der Waals surface area contributed by atoms with Gasteiger partial charge in [0.25, 0.3) is 5.56 Å². The summed E-state index contributed by atoms with van der Waals surface area (Å²) in [7, 11) is 1.37. The molecule has 5 nitrogen and oxygen atoms in total. The molecule has 0 spiro atoms. The molecule has 4 rings (SSSR count). The molecule has 26 heavy (non-hydrogen) atoms. The van der Waals surface area contributed by atoms with Gasteiger partial charge in [-0.1, -0.05) is 0 Å². The number of methoxy groups -OCH3 is 1. The summed E-state index contributed by atoms with van der Waals surface area (Å²) < 4.78 is 33.3. The molecule has 1 aliphatic heterocycles. The van der Waals surface area contributed by atoms with Gasteiger partial charge in [0, 0.05) is 49.3 Å². The number of rotatable bonds is 5. The number of benzene rings is 1. The van der Waals surface area contributed by atoms with Crippen molar-refractivity contribution in [1.29, 1.82) is 0 Å². The molecule has 0 atom stereocenters. The lowest BCUT2D eigenvalue weighted by Crippen LogP contribution is -2.35. The number of H-pyrrole nitrogens is 1. The molecule has 0 amide bonds. The van der Waals surface area contributed by atoms with E-state index in [0.29, 0.717) is 31.0 Å². The van der Waals surface area contributed by atoms with Crippen LogP contribution in [0.1, 0.15) is 35.5 Å². The van der Waals surface area contributed by atoms with Gasteiger partial charge in [0.2, 0.25) is 0 Å². The number of aromatic nitrogens is 2. The summed E-state index contributed by atoms with van der Waals surface area (Å²) in [5.74, 6) is 0.255. The molecule has 138 valence electrons. The fourth-order valence-electron chi connectivity index (χ4n) is 3.44. The normalized spacial score (nSPS) is 17.2. The van der Waals surface area contributed by atoms with Gasteiger partial charge in [0.15, 0.2) is 0 Å². The van der Waals surface area contributed by atoms with Crippen LogP contribution in [-0.2, 0) is 25.9 Å². The second kappa shape index (κ2) is 6.79. The molecule has 7 heteroatoms. The van der Waals surface area contributed by atoms with Crippen molar-refractivity contribution in [3.05, 3.63) is 56.8 Å². The number of ether oxygens (including phenoxy) is 1. The van der Waals surface area contributed by atoms with E-state index in [1.807, 2.05) is 4.90 Å². The van der Waals surface area contributed by atoms with Gasteiger partial charge in [0.1, 0.15) is 23.2 Å². The lowest BCUT2D eigenvalue weighted by molar-refractivity contribution is 0.232. The molecule has 2 heterocycles. The van der Waals surface area contributed by atoms with Crippen LogP contribution < -0.4 is 10.3 Å². The average Bonchev–Trinajstić information content (AvgIpc) is 3.41. The summed E-state index contributed by atoms with van der Waals surface area (Å²) in [5.41, 5.74) is 1.35. The zero-order chi connectivity index (χ0) is 18.3. The zero-order valence-electron chi connectivity index (χ0n) is 14.6. The minimum absolute atomic E-state index is 0.0114. The van der Waals surface area contributed by atoms with Crippen LogP contribution in [0.25, 0.3) is 0 Å². The number of hydrogen-bond acceptors (Lipinski definition) is 4. The molecule has 1 aliphatic carbocycles. The molecule has 0 bridgehead atoms. The smallest absolute Gasteiger partial charge is 0.254 e. The van der Waals surface area contributed by atoms with E-state index in [0.717, 1.165) is 17.9 Å². The van der Waals surface area contributed by atoms with Crippen LogP contribution in [0.5, 0.6) is 5.75 Å². The zero-order valence-corrected chi connectivity index (χ0v) is 14.6. The Hall–Kier alpha value is -2.28. The highest BCUT2D eigenvalue weighted by Gasteiger charge is 2.26. The lowest BCUT2D eigenvalue weighted by atomic mass is 10.0. The summed E-state index contributed by atoms with van der Waals surface area (Å²) >= 11 is 0. The Bertz CT molecular complexity index is 870. The quantitative estimate of drug-likeness (QED) is 0.889. The van der Waals surface area contributed by atoms with Gasteiger partial charge in [-0.3, -0.25) is 9.69 Å². The Morgan fingerprint density at radius 3 is 2.69 bits per heavy atom. The van der Waals surface area contributed by atoms with E-state index in [2.05, 4.69) is 9.97 Å². The minimum Gasteiger partial charge on any atom is -0.497 e. The molecule has 1 aromatic carbocycles. The third-order valence-electron chi connectivity index (χ3n) is 5.11. The van der Waals surface area contributed by atoms with Gasteiger partial charge in [-0.05, 0) is 25.2 Å². The number of hydrogen-bond donors (Lipinski definition) is 1. The summed E-state index contributed by atoms with van der Waals surface area (Å²) in [6.45, 7) is 1.11. The monoisotopic (exact) mass is 361 g/mol. The van der Waals surface area contributed by atoms with Crippen LogP contribution in [0.4, 0.5) is 8.78 Å². The highest BCUT2D eigenvalue weighted by atomic mass is 19.1. The molecular weight excluding hydrogens is 340 g/mol. The molecule has 0 saturated heterocycles. The van der Waals surface area contributed by atoms with Gasteiger partial charge in [-0.15, -0.1) is 0 Å². The lowest BCUT2D eigenvalue weighted by Gasteiger charge is -2.28. The first-order valence-corrected chi connectivity index (χ1v) is 8.88. The van der Waals surface area contributed by atoms with Crippen LogP contribution in [0.3, 0.4) is 0 Å². The summed E-state index contributed by atoms with van der Waals surface area (Å²) in [5, 5.41) is 0. The van der Waals surface area contributed by atoms with Crippen LogP contribution in [0.15, 0.2) is 16.9 Å². The fourth-order valence-corrected chi connectivity index (χ4v) is 3.44. The standard InChI is InChI=1S/C19H21F2N3O2/c1-26-12-7-15(20)14(16(21)8-12)9-24-5-4-13-17(10-24)22-18(23-19(13)25)6-11-2-3-11/h7-8,11H,2-6,9-10H2,1H3,(H,22,23,25).